The Kier molecular flexibility index (Phi) is 25.1. The summed E-state index contributed by atoms with van der Waals surface area (Å²) in [6, 6.07) is 6.05. The number of alkyl halides is 2. The SMILES string of the molecule is CC.CC.CC.CCc1nc2ccc(Br)cc2[nH]1.ClCCCl. The molecule has 0 radical (unpaired) electrons. The molecule has 1 aromatic heterocycles. The van der Waals surface area contributed by atoms with Gasteiger partial charge in [-0.3, -0.25) is 0 Å². The van der Waals surface area contributed by atoms with E-state index in [0.717, 1.165) is 27.8 Å². The zero-order valence-electron chi connectivity index (χ0n) is 14.9. The van der Waals surface area contributed by atoms with Crippen LogP contribution in [0.15, 0.2) is 22.7 Å². The number of hydrogen-bond acceptors (Lipinski definition) is 1. The van der Waals surface area contributed by atoms with Crippen LogP contribution in [0.4, 0.5) is 0 Å². The number of imidazole rings is 1. The van der Waals surface area contributed by atoms with E-state index in [1.165, 1.54) is 0 Å². The van der Waals surface area contributed by atoms with E-state index in [9.17, 15) is 0 Å². The fourth-order valence-corrected chi connectivity index (χ4v) is 1.56. The van der Waals surface area contributed by atoms with E-state index in [1.54, 1.807) is 0 Å². The molecular weight excluding hydrogens is 383 g/mol. The van der Waals surface area contributed by atoms with Crippen molar-refractivity contribution in [3.8, 4) is 0 Å². The molecule has 0 saturated carbocycles. The summed E-state index contributed by atoms with van der Waals surface area (Å²) in [5, 5.41) is 0. The van der Waals surface area contributed by atoms with Crippen LogP contribution in [0.3, 0.4) is 0 Å². The van der Waals surface area contributed by atoms with Crippen LogP contribution in [-0.4, -0.2) is 21.7 Å². The van der Waals surface area contributed by atoms with E-state index in [1.807, 2.05) is 59.7 Å². The van der Waals surface area contributed by atoms with Gasteiger partial charge in [0.05, 0.1) is 11.0 Å². The quantitative estimate of drug-likeness (QED) is 0.509. The van der Waals surface area contributed by atoms with Crippen LogP contribution >= 0.6 is 39.1 Å². The summed E-state index contributed by atoms with van der Waals surface area (Å²) in [6.07, 6.45) is 0.951. The number of hydrogen-bond donors (Lipinski definition) is 1. The average molecular weight is 414 g/mol. The number of nitrogens with zero attached hydrogens (tertiary/aromatic N) is 1. The lowest BCUT2D eigenvalue weighted by Crippen LogP contribution is -1.79. The molecule has 2 aromatic rings. The van der Waals surface area contributed by atoms with Crippen LogP contribution in [0.2, 0.25) is 0 Å². The number of rotatable bonds is 2. The van der Waals surface area contributed by atoms with E-state index in [2.05, 4.69) is 32.8 Å². The number of benzene rings is 1. The Bertz CT molecular complexity index is 443. The third-order valence-electron chi connectivity index (χ3n) is 1.90. The Morgan fingerprint density at radius 1 is 1.00 bits per heavy atom. The van der Waals surface area contributed by atoms with Gasteiger partial charge in [0.15, 0.2) is 0 Å². The highest BCUT2D eigenvalue weighted by molar-refractivity contribution is 9.10. The van der Waals surface area contributed by atoms with Gasteiger partial charge in [-0.25, -0.2) is 4.98 Å². The van der Waals surface area contributed by atoms with Crippen molar-refractivity contribution < 1.29 is 0 Å². The van der Waals surface area contributed by atoms with Gasteiger partial charge in [0.25, 0.3) is 0 Å². The van der Waals surface area contributed by atoms with Gasteiger partial charge in [0.1, 0.15) is 5.82 Å². The number of H-pyrrole nitrogens is 1. The molecule has 0 unspecified atom stereocenters. The van der Waals surface area contributed by atoms with Gasteiger partial charge < -0.3 is 4.98 Å². The van der Waals surface area contributed by atoms with Gasteiger partial charge in [-0.2, -0.15) is 0 Å². The molecule has 0 aliphatic heterocycles. The lowest BCUT2D eigenvalue weighted by atomic mass is 10.3. The van der Waals surface area contributed by atoms with Gasteiger partial charge in [0, 0.05) is 22.7 Å². The molecule has 5 heteroatoms. The summed E-state index contributed by atoms with van der Waals surface area (Å²) in [4.78, 5) is 7.64. The number of nitrogens with one attached hydrogen (secondary N) is 1. The third kappa shape index (κ3) is 12.3. The summed E-state index contributed by atoms with van der Waals surface area (Å²) >= 11 is 13.5. The summed E-state index contributed by atoms with van der Waals surface area (Å²) in [5.41, 5.74) is 2.14. The Morgan fingerprint density at radius 2 is 1.50 bits per heavy atom. The largest absolute Gasteiger partial charge is 0.342 e. The average Bonchev–Trinajstić information content (AvgIpc) is 3.02. The number of halogens is 3. The zero-order chi connectivity index (χ0) is 18.0. The first-order valence-corrected chi connectivity index (χ1v) is 9.83. The van der Waals surface area contributed by atoms with Crippen molar-refractivity contribution in [2.24, 2.45) is 0 Å². The molecule has 0 saturated heterocycles. The molecule has 0 bridgehead atoms. The van der Waals surface area contributed by atoms with Crippen LogP contribution in [0.5, 0.6) is 0 Å². The molecule has 2 nitrogen and oxygen atoms in total. The van der Waals surface area contributed by atoms with E-state index in [4.69, 9.17) is 23.2 Å². The van der Waals surface area contributed by atoms with Crippen molar-refractivity contribution in [1.82, 2.24) is 9.97 Å². The topological polar surface area (TPSA) is 28.7 Å². The summed E-state index contributed by atoms with van der Waals surface area (Å²) in [7, 11) is 0. The minimum absolute atomic E-state index is 0.557. The van der Waals surface area contributed by atoms with Crippen LogP contribution in [0, 0.1) is 0 Å². The molecule has 0 aliphatic carbocycles. The molecule has 0 aliphatic rings. The number of fused-ring (bicyclic) bond motifs is 1. The Hall–Kier alpha value is -0.250. The molecule has 2 rings (SSSR count). The predicted octanol–water partition coefficient (Wildman–Crippen LogP) is 7.43. The summed E-state index contributed by atoms with van der Waals surface area (Å²) in [6.45, 7) is 14.1. The second-order valence-corrected chi connectivity index (χ2v) is 4.75. The summed E-state index contributed by atoms with van der Waals surface area (Å²) in [5.74, 6) is 2.16. The molecule has 1 aromatic carbocycles. The second-order valence-electron chi connectivity index (χ2n) is 3.08. The Labute approximate surface area is 155 Å². The van der Waals surface area contributed by atoms with Crippen LogP contribution in [0.1, 0.15) is 54.3 Å². The molecule has 1 N–H and O–H groups in total. The van der Waals surface area contributed by atoms with Crippen molar-refractivity contribution >= 4 is 50.2 Å². The van der Waals surface area contributed by atoms with Gasteiger partial charge in [-0.05, 0) is 18.2 Å². The first-order chi connectivity index (χ1) is 10.7. The highest BCUT2D eigenvalue weighted by Gasteiger charge is 1.99. The number of aromatic amines is 1. The van der Waals surface area contributed by atoms with Crippen molar-refractivity contribution in [3.63, 3.8) is 0 Å². The van der Waals surface area contributed by atoms with Crippen LogP contribution in [0.25, 0.3) is 11.0 Å². The Morgan fingerprint density at radius 3 is 1.91 bits per heavy atom. The zero-order valence-corrected chi connectivity index (χ0v) is 18.0. The molecule has 22 heavy (non-hydrogen) atoms. The van der Waals surface area contributed by atoms with Crippen molar-refractivity contribution in [3.05, 3.63) is 28.5 Å². The third-order valence-corrected chi connectivity index (χ3v) is 2.96. The molecule has 0 amide bonds. The van der Waals surface area contributed by atoms with Gasteiger partial charge >= 0.3 is 0 Å². The predicted molar refractivity (Wildman–Crippen MR) is 109 cm³/mol. The van der Waals surface area contributed by atoms with E-state index in [-0.39, 0.29) is 0 Å². The minimum Gasteiger partial charge on any atom is -0.342 e. The van der Waals surface area contributed by atoms with Crippen LogP contribution in [-0.2, 0) is 6.42 Å². The lowest BCUT2D eigenvalue weighted by Gasteiger charge is -1.87. The first-order valence-electron chi connectivity index (χ1n) is 7.97. The fraction of sp³-hybridized carbons (Fsp3) is 0.588. The second kappa shape index (κ2) is 20.8. The van der Waals surface area contributed by atoms with E-state index < -0.39 is 0 Å². The van der Waals surface area contributed by atoms with Gasteiger partial charge in [0.2, 0.25) is 0 Å². The molecular formula is C17H31BrCl2N2. The standard InChI is InChI=1S/C9H9BrN2.C2H4Cl2.3C2H6/c1-2-9-11-7-4-3-6(10)5-8(7)12-9;3-1-2-4;3*1-2/h3-5H,2H2,1H3,(H,11,12);1-2H2;3*1-2H3. The number of aryl methyl sites for hydroxylation is 1. The molecule has 0 atom stereocenters. The van der Waals surface area contributed by atoms with E-state index in [0.29, 0.717) is 11.8 Å². The maximum atomic E-state index is 5.05. The maximum Gasteiger partial charge on any atom is 0.106 e. The van der Waals surface area contributed by atoms with Crippen molar-refractivity contribution in [2.75, 3.05) is 11.8 Å². The van der Waals surface area contributed by atoms with Crippen molar-refractivity contribution in [2.45, 2.75) is 54.9 Å². The molecule has 130 valence electrons. The monoisotopic (exact) mass is 412 g/mol. The van der Waals surface area contributed by atoms with Gasteiger partial charge in [-0.15, -0.1) is 23.2 Å². The number of aromatic nitrogens is 2. The smallest absolute Gasteiger partial charge is 0.106 e. The first kappa shape index (κ1) is 26.6. The maximum absolute atomic E-state index is 5.05. The summed E-state index contributed by atoms with van der Waals surface area (Å²) < 4.78 is 1.08. The van der Waals surface area contributed by atoms with E-state index >= 15 is 0 Å². The molecule has 0 spiro atoms. The van der Waals surface area contributed by atoms with Crippen molar-refractivity contribution in [1.29, 1.82) is 0 Å². The molecule has 1 heterocycles. The lowest BCUT2D eigenvalue weighted by molar-refractivity contribution is 1.00. The Balaban J connectivity index is -0.000000307. The fourth-order valence-electron chi connectivity index (χ4n) is 1.20. The highest BCUT2D eigenvalue weighted by atomic mass is 79.9. The normalized spacial score (nSPS) is 8.09. The van der Waals surface area contributed by atoms with Gasteiger partial charge in [-0.1, -0.05) is 64.4 Å². The minimum atomic E-state index is 0.557. The van der Waals surface area contributed by atoms with Crippen LogP contribution < -0.4 is 0 Å². The molecule has 0 fully saturated rings. The highest BCUT2D eigenvalue weighted by Crippen LogP contribution is 2.17.